The van der Waals surface area contributed by atoms with Gasteiger partial charge >= 0.3 is 0 Å². The molecule has 2 aliphatic rings. The van der Waals surface area contributed by atoms with Crippen molar-refractivity contribution in [3.05, 3.63) is 18.2 Å². The number of hydrogen-bond donors (Lipinski definition) is 3. The van der Waals surface area contributed by atoms with E-state index in [1.165, 1.54) is 0 Å². The largest absolute Gasteiger partial charge is 0.453 e. The molecule has 1 atom stereocenters. The number of nitrogen functional groups attached to an aromatic ring is 1. The Bertz CT molecular complexity index is 471. The van der Waals surface area contributed by atoms with Crippen molar-refractivity contribution in [2.45, 2.75) is 31.7 Å². The van der Waals surface area contributed by atoms with Gasteiger partial charge in [-0.05, 0) is 51.2 Å². The standard InChI is InChI=1S/C14H22N4O/c1-14(16-11-5-7-18(2)8-6-11)17-12-9-10(15)3-4-13(12)19-14/h3-4,9,11,16-17H,5-8,15H2,1-2H3. The Morgan fingerprint density at radius 1 is 1.42 bits per heavy atom. The zero-order valence-electron chi connectivity index (χ0n) is 11.6. The summed E-state index contributed by atoms with van der Waals surface area (Å²) < 4.78 is 5.99. The highest BCUT2D eigenvalue weighted by Gasteiger charge is 2.36. The lowest BCUT2D eigenvalue weighted by molar-refractivity contribution is 0.0699. The molecule has 0 aliphatic carbocycles. The van der Waals surface area contributed by atoms with Crippen LogP contribution in [-0.2, 0) is 0 Å². The number of nitrogens with zero attached hydrogens (tertiary/aromatic N) is 1. The molecule has 0 bridgehead atoms. The van der Waals surface area contributed by atoms with Crippen LogP contribution in [0.15, 0.2) is 18.2 Å². The summed E-state index contributed by atoms with van der Waals surface area (Å²) in [4.78, 5) is 2.36. The smallest absolute Gasteiger partial charge is 0.235 e. The molecular formula is C14H22N4O. The molecule has 2 heterocycles. The number of anilines is 2. The summed E-state index contributed by atoms with van der Waals surface area (Å²) in [7, 11) is 2.17. The van der Waals surface area contributed by atoms with E-state index in [1.807, 2.05) is 25.1 Å². The Morgan fingerprint density at radius 2 is 2.16 bits per heavy atom. The summed E-state index contributed by atoms with van der Waals surface area (Å²) in [5.74, 6) is 0.327. The molecule has 1 aromatic carbocycles. The molecule has 5 heteroatoms. The highest BCUT2D eigenvalue weighted by molar-refractivity contribution is 5.66. The van der Waals surface area contributed by atoms with E-state index in [0.717, 1.165) is 43.1 Å². The second-order valence-electron chi connectivity index (χ2n) is 5.74. The molecule has 0 aromatic heterocycles. The number of nitrogens with two attached hydrogens (primary N) is 1. The van der Waals surface area contributed by atoms with E-state index >= 15 is 0 Å². The van der Waals surface area contributed by atoms with Gasteiger partial charge in [0.25, 0.3) is 0 Å². The Hall–Kier alpha value is -1.46. The first kappa shape index (κ1) is 12.6. The van der Waals surface area contributed by atoms with Crippen molar-refractivity contribution < 1.29 is 4.74 Å². The van der Waals surface area contributed by atoms with E-state index in [2.05, 4.69) is 22.6 Å². The topological polar surface area (TPSA) is 62.5 Å². The second-order valence-corrected chi connectivity index (χ2v) is 5.74. The van der Waals surface area contributed by atoms with Gasteiger partial charge in [-0.3, -0.25) is 5.32 Å². The zero-order valence-corrected chi connectivity index (χ0v) is 11.6. The summed E-state index contributed by atoms with van der Waals surface area (Å²) in [5, 5.41) is 6.96. The van der Waals surface area contributed by atoms with Gasteiger partial charge < -0.3 is 20.7 Å². The predicted octanol–water partition coefficient (Wildman–Crippen LogP) is 1.43. The molecule has 3 rings (SSSR count). The number of hydrogen-bond acceptors (Lipinski definition) is 5. The van der Waals surface area contributed by atoms with Crippen molar-refractivity contribution in [2.75, 3.05) is 31.2 Å². The Morgan fingerprint density at radius 3 is 2.89 bits per heavy atom. The lowest BCUT2D eigenvalue weighted by Gasteiger charge is -2.35. The van der Waals surface area contributed by atoms with Crippen LogP contribution in [0.5, 0.6) is 5.75 Å². The van der Waals surface area contributed by atoms with Crippen LogP contribution in [-0.4, -0.2) is 36.9 Å². The maximum Gasteiger partial charge on any atom is 0.235 e. The van der Waals surface area contributed by atoms with Gasteiger partial charge in [0.15, 0.2) is 0 Å². The molecule has 104 valence electrons. The molecule has 1 saturated heterocycles. The normalized spacial score (nSPS) is 27.7. The third-order valence-corrected chi connectivity index (χ3v) is 3.89. The van der Waals surface area contributed by atoms with E-state index in [-0.39, 0.29) is 0 Å². The lowest BCUT2D eigenvalue weighted by Crippen LogP contribution is -2.57. The van der Waals surface area contributed by atoms with Crippen LogP contribution in [0.4, 0.5) is 11.4 Å². The van der Waals surface area contributed by atoms with Gasteiger partial charge in [-0.2, -0.15) is 0 Å². The van der Waals surface area contributed by atoms with Gasteiger partial charge in [-0.25, -0.2) is 0 Å². The molecule has 1 unspecified atom stereocenters. The van der Waals surface area contributed by atoms with E-state index in [0.29, 0.717) is 6.04 Å². The number of likely N-dealkylation sites (tertiary alicyclic amines) is 1. The molecule has 0 spiro atoms. The quantitative estimate of drug-likeness (QED) is 0.704. The van der Waals surface area contributed by atoms with Crippen LogP contribution in [0.2, 0.25) is 0 Å². The number of benzene rings is 1. The summed E-state index contributed by atoms with van der Waals surface area (Å²) in [5.41, 5.74) is 7.51. The van der Waals surface area contributed by atoms with Crippen LogP contribution in [0.1, 0.15) is 19.8 Å². The van der Waals surface area contributed by atoms with Gasteiger partial charge in [0.1, 0.15) is 5.75 Å². The maximum atomic E-state index is 5.99. The van der Waals surface area contributed by atoms with Gasteiger partial charge in [0.2, 0.25) is 5.85 Å². The van der Waals surface area contributed by atoms with Gasteiger partial charge in [0, 0.05) is 18.7 Å². The van der Waals surface area contributed by atoms with Gasteiger partial charge in [-0.15, -0.1) is 0 Å². The summed E-state index contributed by atoms with van der Waals surface area (Å²) in [6.07, 6.45) is 2.30. The molecule has 19 heavy (non-hydrogen) atoms. The molecule has 1 aromatic rings. The molecule has 1 fully saturated rings. The van der Waals surface area contributed by atoms with Crippen molar-refractivity contribution in [1.82, 2.24) is 10.2 Å². The molecule has 0 radical (unpaired) electrons. The Balaban J connectivity index is 1.66. The lowest BCUT2D eigenvalue weighted by atomic mass is 10.1. The first-order valence-corrected chi connectivity index (χ1v) is 6.87. The molecule has 4 N–H and O–H groups in total. The fraction of sp³-hybridized carbons (Fsp3) is 0.571. The van der Waals surface area contributed by atoms with Crippen molar-refractivity contribution in [1.29, 1.82) is 0 Å². The van der Waals surface area contributed by atoms with Crippen molar-refractivity contribution in [3.63, 3.8) is 0 Å². The molecule has 0 amide bonds. The first-order chi connectivity index (χ1) is 9.04. The summed E-state index contributed by atoms with van der Waals surface area (Å²) >= 11 is 0. The predicted molar refractivity (Wildman–Crippen MR) is 77.2 cm³/mol. The summed E-state index contributed by atoms with van der Waals surface area (Å²) in [6.45, 7) is 4.29. The minimum Gasteiger partial charge on any atom is -0.453 e. The highest BCUT2D eigenvalue weighted by Crippen LogP contribution is 2.37. The van der Waals surface area contributed by atoms with Crippen molar-refractivity contribution in [2.24, 2.45) is 0 Å². The monoisotopic (exact) mass is 262 g/mol. The zero-order chi connectivity index (χ0) is 13.5. The number of rotatable bonds is 2. The van der Waals surface area contributed by atoms with Crippen LogP contribution < -0.4 is 21.1 Å². The third-order valence-electron chi connectivity index (χ3n) is 3.89. The molecular weight excluding hydrogens is 240 g/mol. The fourth-order valence-electron chi connectivity index (χ4n) is 2.84. The van der Waals surface area contributed by atoms with Gasteiger partial charge in [-0.1, -0.05) is 0 Å². The van der Waals surface area contributed by atoms with Crippen molar-refractivity contribution >= 4 is 11.4 Å². The third kappa shape index (κ3) is 2.62. The minimum atomic E-state index is -0.531. The Kier molecular flexibility index (Phi) is 3.03. The van der Waals surface area contributed by atoms with Gasteiger partial charge in [0.05, 0.1) is 5.69 Å². The SMILES string of the molecule is CN1CCC(NC2(C)Nc3cc(N)ccc3O2)CC1. The number of fused-ring (bicyclic) bond motifs is 1. The van der Waals surface area contributed by atoms with E-state index in [9.17, 15) is 0 Å². The number of piperidine rings is 1. The van der Waals surface area contributed by atoms with Crippen LogP contribution >= 0.6 is 0 Å². The van der Waals surface area contributed by atoms with Crippen LogP contribution in [0.25, 0.3) is 0 Å². The second kappa shape index (κ2) is 4.58. The summed E-state index contributed by atoms with van der Waals surface area (Å²) in [6, 6.07) is 6.18. The van der Waals surface area contributed by atoms with E-state index in [1.54, 1.807) is 0 Å². The number of nitrogens with one attached hydrogen (secondary N) is 2. The van der Waals surface area contributed by atoms with E-state index < -0.39 is 5.85 Å². The highest BCUT2D eigenvalue weighted by atomic mass is 16.5. The average Bonchev–Trinajstić information content (AvgIpc) is 2.67. The minimum absolute atomic E-state index is 0.486. The first-order valence-electron chi connectivity index (χ1n) is 6.87. The molecule has 5 nitrogen and oxygen atoms in total. The van der Waals surface area contributed by atoms with Crippen molar-refractivity contribution in [3.8, 4) is 5.75 Å². The molecule has 0 saturated carbocycles. The fourth-order valence-corrected chi connectivity index (χ4v) is 2.84. The van der Waals surface area contributed by atoms with Crippen LogP contribution in [0, 0.1) is 0 Å². The molecule has 2 aliphatic heterocycles. The maximum absolute atomic E-state index is 5.99. The number of ether oxygens (including phenoxy) is 1. The van der Waals surface area contributed by atoms with E-state index in [4.69, 9.17) is 10.5 Å². The average molecular weight is 262 g/mol. The van der Waals surface area contributed by atoms with Crippen LogP contribution in [0.3, 0.4) is 0 Å². The Labute approximate surface area is 114 Å².